The first-order chi connectivity index (χ1) is 14.9. The molecule has 2 heterocycles. The van der Waals surface area contributed by atoms with E-state index in [0.29, 0.717) is 17.0 Å². The van der Waals surface area contributed by atoms with Gasteiger partial charge >= 0.3 is 5.69 Å². The van der Waals surface area contributed by atoms with Crippen LogP contribution in [0.2, 0.25) is 0 Å². The minimum atomic E-state index is -0.820. The van der Waals surface area contributed by atoms with E-state index in [1.165, 1.54) is 36.5 Å². The standard InChI is InChI=1S/C21H19N5O5/c1-25-17-16(18(22)28)23-19(11-8-9-15(31-3)13(27)10-11)24-20(17)26(21(25)29)12-6-4-5-7-14(12)30-2/h4-10,27H,1-3H3,(H2,22,28). The molecule has 3 N–H and O–H groups in total. The molecule has 10 heteroatoms. The van der Waals surface area contributed by atoms with E-state index in [-0.39, 0.29) is 34.2 Å². The molecule has 0 aliphatic heterocycles. The van der Waals surface area contributed by atoms with Crippen LogP contribution in [-0.4, -0.2) is 44.3 Å². The van der Waals surface area contributed by atoms with Crippen molar-refractivity contribution >= 4 is 17.1 Å². The number of rotatable bonds is 5. The van der Waals surface area contributed by atoms with Crippen molar-refractivity contribution in [1.82, 2.24) is 19.1 Å². The molecule has 4 aromatic rings. The monoisotopic (exact) mass is 421 g/mol. The fourth-order valence-corrected chi connectivity index (χ4v) is 3.41. The average molecular weight is 421 g/mol. The van der Waals surface area contributed by atoms with Crippen LogP contribution in [0.4, 0.5) is 0 Å². The van der Waals surface area contributed by atoms with Gasteiger partial charge in [0, 0.05) is 12.6 Å². The number of hydrogen-bond acceptors (Lipinski definition) is 7. The van der Waals surface area contributed by atoms with Gasteiger partial charge in [0.2, 0.25) is 0 Å². The maximum Gasteiger partial charge on any atom is 0.334 e. The number of ether oxygens (including phenoxy) is 2. The van der Waals surface area contributed by atoms with Crippen molar-refractivity contribution in [2.45, 2.75) is 0 Å². The number of phenolic OH excluding ortho intramolecular Hbond substituents is 1. The number of aromatic hydroxyl groups is 1. The van der Waals surface area contributed by atoms with Gasteiger partial charge in [-0.3, -0.25) is 9.36 Å². The number of hydrogen-bond donors (Lipinski definition) is 2. The Kier molecular flexibility index (Phi) is 4.82. The van der Waals surface area contributed by atoms with E-state index >= 15 is 0 Å². The number of fused-ring (bicyclic) bond motifs is 1. The normalized spacial score (nSPS) is 10.9. The molecule has 4 rings (SSSR count). The SMILES string of the molecule is COc1ccc(-c2nc(C(N)=O)c3c(n2)n(-c2ccccc2OC)c(=O)n3C)cc1O. The number of carbonyl (C=O) groups is 1. The number of amides is 1. The number of phenols is 1. The Morgan fingerprint density at radius 3 is 2.42 bits per heavy atom. The predicted octanol–water partition coefficient (Wildman–Crippen LogP) is 1.61. The van der Waals surface area contributed by atoms with Crippen molar-refractivity contribution in [2.75, 3.05) is 14.2 Å². The van der Waals surface area contributed by atoms with E-state index in [2.05, 4.69) is 9.97 Å². The first-order valence-corrected chi connectivity index (χ1v) is 9.17. The lowest BCUT2D eigenvalue weighted by molar-refractivity contribution is 0.0997. The quantitative estimate of drug-likeness (QED) is 0.500. The van der Waals surface area contributed by atoms with Gasteiger partial charge in [-0.05, 0) is 30.3 Å². The molecule has 0 spiro atoms. The molecule has 0 aliphatic carbocycles. The summed E-state index contributed by atoms with van der Waals surface area (Å²) in [6.07, 6.45) is 0. The predicted molar refractivity (Wildman–Crippen MR) is 113 cm³/mol. The van der Waals surface area contributed by atoms with E-state index in [1.807, 2.05) is 0 Å². The van der Waals surface area contributed by atoms with E-state index in [0.717, 1.165) is 0 Å². The average Bonchev–Trinajstić information content (AvgIpc) is 3.02. The molecular formula is C21H19N5O5. The molecule has 1 amide bonds. The zero-order valence-electron chi connectivity index (χ0n) is 17.0. The van der Waals surface area contributed by atoms with Crippen LogP contribution in [0.15, 0.2) is 47.3 Å². The molecule has 0 saturated carbocycles. The maximum atomic E-state index is 13.1. The lowest BCUT2D eigenvalue weighted by atomic mass is 10.1. The summed E-state index contributed by atoms with van der Waals surface area (Å²) in [7, 11) is 4.42. The van der Waals surface area contributed by atoms with Crippen LogP contribution in [0.1, 0.15) is 10.5 Å². The molecule has 31 heavy (non-hydrogen) atoms. The number of primary amides is 1. The fraction of sp³-hybridized carbons (Fsp3) is 0.143. The van der Waals surface area contributed by atoms with E-state index in [9.17, 15) is 14.7 Å². The largest absolute Gasteiger partial charge is 0.504 e. The van der Waals surface area contributed by atoms with Gasteiger partial charge in [0.1, 0.15) is 11.3 Å². The molecule has 2 aromatic heterocycles. The minimum absolute atomic E-state index is 0.105. The number of benzene rings is 2. The lowest BCUT2D eigenvalue weighted by Crippen LogP contribution is -2.22. The Balaban J connectivity index is 2.10. The number of carbonyl (C=O) groups excluding carboxylic acids is 1. The van der Waals surface area contributed by atoms with Gasteiger partial charge in [0.15, 0.2) is 28.7 Å². The number of imidazole rings is 1. The van der Waals surface area contributed by atoms with Gasteiger partial charge in [-0.2, -0.15) is 0 Å². The van der Waals surface area contributed by atoms with Crippen LogP contribution in [0.5, 0.6) is 17.2 Å². The van der Waals surface area contributed by atoms with Crippen LogP contribution >= 0.6 is 0 Å². The molecule has 0 aliphatic rings. The first-order valence-electron chi connectivity index (χ1n) is 9.17. The van der Waals surface area contributed by atoms with Crippen LogP contribution in [0, 0.1) is 0 Å². The Morgan fingerprint density at radius 2 is 1.77 bits per heavy atom. The van der Waals surface area contributed by atoms with Crippen molar-refractivity contribution in [3.63, 3.8) is 0 Å². The highest BCUT2D eigenvalue weighted by Crippen LogP contribution is 2.32. The van der Waals surface area contributed by atoms with Crippen LogP contribution < -0.4 is 20.9 Å². The summed E-state index contributed by atoms with van der Waals surface area (Å²) in [6.45, 7) is 0. The summed E-state index contributed by atoms with van der Waals surface area (Å²) in [5.74, 6) is -0.127. The highest BCUT2D eigenvalue weighted by molar-refractivity contribution is 6.02. The molecule has 158 valence electrons. The molecular weight excluding hydrogens is 402 g/mol. The number of aryl methyl sites for hydroxylation is 1. The first kappa shape index (κ1) is 20.0. The Hall–Kier alpha value is -4.34. The van der Waals surface area contributed by atoms with Gasteiger partial charge in [0.05, 0.1) is 19.9 Å². The van der Waals surface area contributed by atoms with E-state index in [4.69, 9.17) is 15.2 Å². The van der Waals surface area contributed by atoms with Crippen molar-refractivity contribution in [3.05, 3.63) is 58.6 Å². The van der Waals surface area contributed by atoms with Crippen molar-refractivity contribution in [1.29, 1.82) is 0 Å². The third-order valence-corrected chi connectivity index (χ3v) is 4.89. The second kappa shape index (κ2) is 7.48. The summed E-state index contributed by atoms with van der Waals surface area (Å²) >= 11 is 0. The Morgan fingerprint density at radius 1 is 1.06 bits per heavy atom. The van der Waals surface area contributed by atoms with Crippen molar-refractivity contribution in [2.24, 2.45) is 12.8 Å². The highest BCUT2D eigenvalue weighted by Gasteiger charge is 2.24. The molecule has 0 radical (unpaired) electrons. The summed E-state index contributed by atoms with van der Waals surface area (Å²) in [5, 5.41) is 10.1. The van der Waals surface area contributed by atoms with Gasteiger partial charge in [0.25, 0.3) is 5.91 Å². The number of aromatic nitrogens is 4. The number of nitrogens with zero attached hydrogens (tertiary/aromatic N) is 4. The highest BCUT2D eigenvalue weighted by atomic mass is 16.5. The zero-order valence-corrected chi connectivity index (χ0v) is 17.0. The molecule has 2 aromatic carbocycles. The zero-order chi connectivity index (χ0) is 22.3. The summed E-state index contributed by atoms with van der Waals surface area (Å²) in [4.78, 5) is 34.1. The molecule has 10 nitrogen and oxygen atoms in total. The Labute approximate surface area is 176 Å². The molecule has 0 fully saturated rings. The van der Waals surface area contributed by atoms with Crippen LogP contribution in [0.3, 0.4) is 0 Å². The van der Waals surface area contributed by atoms with Crippen LogP contribution in [-0.2, 0) is 7.05 Å². The number of methoxy groups -OCH3 is 2. The van der Waals surface area contributed by atoms with Gasteiger partial charge in [-0.25, -0.2) is 19.3 Å². The van der Waals surface area contributed by atoms with E-state index < -0.39 is 11.6 Å². The second-order valence-corrected chi connectivity index (χ2v) is 6.67. The summed E-state index contributed by atoms with van der Waals surface area (Å²) < 4.78 is 13.0. The third kappa shape index (κ3) is 3.14. The third-order valence-electron chi connectivity index (χ3n) is 4.89. The molecule has 0 atom stereocenters. The Bertz CT molecular complexity index is 1390. The van der Waals surface area contributed by atoms with Crippen molar-refractivity contribution in [3.8, 4) is 34.3 Å². The summed E-state index contributed by atoms with van der Waals surface area (Å²) in [6, 6.07) is 11.5. The fourth-order valence-electron chi connectivity index (χ4n) is 3.41. The lowest BCUT2D eigenvalue weighted by Gasteiger charge is -2.10. The van der Waals surface area contributed by atoms with Crippen LogP contribution in [0.25, 0.3) is 28.2 Å². The number of nitrogens with two attached hydrogens (primary N) is 1. The van der Waals surface area contributed by atoms with Gasteiger partial charge in [-0.15, -0.1) is 0 Å². The molecule has 0 bridgehead atoms. The van der Waals surface area contributed by atoms with Gasteiger partial charge in [-0.1, -0.05) is 12.1 Å². The van der Waals surface area contributed by atoms with Gasteiger partial charge < -0.3 is 20.3 Å². The van der Waals surface area contributed by atoms with E-state index in [1.54, 1.807) is 36.4 Å². The summed E-state index contributed by atoms with van der Waals surface area (Å²) in [5.41, 5.74) is 6.21. The minimum Gasteiger partial charge on any atom is -0.504 e. The molecule has 0 unspecified atom stereocenters. The number of para-hydroxylation sites is 2. The maximum absolute atomic E-state index is 13.1. The van der Waals surface area contributed by atoms with Crippen molar-refractivity contribution < 1.29 is 19.4 Å². The molecule has 0 saturated heterocycles. The second-order valence-electron chi connectivity index (χ2n) is 6.67. The smallest absolute Gasteiger partial charge is 0.334 e. The topological polar surface area (TPSA) is 134 Å².